The number of aliphatic imine (C=N–C) groups is 1. The summed E-state index contributed by atoms with van der Waals surface area (Å²) in [5.41, 5.74) is 1.77. The molecule has 0 aromatic heterocycles. The lowest BCUT2D eigenvalue weighted by atomic mass is 9.95. The van der Waals surface area contributed by atoms with E-state index in [2.05, 4.69) is 27.9 Å². The standard InChI is InChI=1S/C22H36N4O2S/c1-4-6-14-24-21(27)18-12-10-17(11-13-18)16-25-22(23-3)26-19-8-7-9-20(15-19)29(28)5-2/h10-13,19-20H,4-9,14-16H2,1-3H3,(H,24,27)(H2,23,25,26). The molecule has 1 aromatic carbocycles. The number of benzene rings is 1. The molecule has 3 unspecified atom stereocenters. The molecule has 162 valence electrons. The van der Waals surface area contributed by atoms with Gasteiger partial charge in [0.1, 0.15) is 0 Å². The number of hydrogen-bond acceptors (Lipinski definition) is 3. The summed E-state index contributed by atoms with van der Waals surface area (Å²) in [5.74, 6) is 1.47. The number of carbonyl (C=O) groups is 1. The maximum absolute atomic E-state index is 12.1. The fraction of sp³-hybridized carbons (Fsp3) is 0.636. The first-order chi connectivity index (χ1) is 14.1. The van der Waals surface area contributed by atoms with Crippen LogP contribution >= 0.6 is 0 Å². The average Bonchev–Trinajstić information content (AvgIpc) is 2.76. The van der Waals surface area contributed by atoms with Crippen molar-refractivity contribution in [1.82, 2.24) is 16.0 Å². The number of unbranched alkanes of at least 4 members (excludes halogenated alkanes) is 1. The predicted octanol–water partition coefficient (Wildman–Crippen LogP) is 2.96. The molecule has 0 spiro atoms. The maximum atomic E-state index is 12.1. The summed E-state index contributed by atoms with van der Waals surface area (Å²) in [6.07, 6.45) is 6.24. The zero-order valence-electron chi connectivity index (χ0n) is 18.0. The van der Waals surface area contributed by atoms with Gasteiger partial charge in [-0.15, -0.1) is 0 Å². The van der Waals surface area contributed by atoms with Gasteiger partial charge in [-0.2, -0.15) is 0 Å². The molecule has 7 heteroatoms. The van der Waals surface area contributed by atoms with Gasteiger partial charge in [-0.3, -0.25) is 14.0 Å². The van der Waals surface area contributed by atoms with Crippen molar-refractivity contribution in [3.63, 3.8) is 0 Å². The van der Waals surface area contributed by atoms with Crippen molar-refractivity contribution in [2.24, 2.45) is 4.99 Å². The zero-order chi connectivity index (χ0) is 21.1. The number of nitrogens with zero attached hydrogens (tertiary/aromatic N) is 1. The first-order valence-electron chi connectivity index (χ1n) is 10.8. The van der Waals surface area contributed by atoms with Gasteiger partial charge in [0.2, 0.25) is 0 Å². The lowest BCUT2D eigenvalue weighted by Gasteiger charge is -2.30. The van der Waals surface area contributed by atoms with E-state index in [0.717, 1.165) is 55.8 Å². The molecule has 1 aliphatic rings. The Labute approximate surface area is 177 Å². The van der Waals surface area contributed by atoms with Crippen LogP contribution in [-0.2, 0) is 17.3 Å². The number of nitrogens with one attached hydrogen (secondary N) is 3. The van der Waals surface area contributed by atoms with E-state index in [-0.39, 0.29) is 5.91 Å². The van der Waals surface area contributed by atoms with Crippen LogP contribution in [-0.4, -0.2) is 46.7 Å². The first-order valence-corrected chi connectivity index (χ1v) is 12.2. The second-order valence-electron chi connectivity index (χ2n) is 7.53. The van der Waals surface area contributed by atoms with E-state index in [1.165, 1.54) is 0 Å². The van der Waals surface area contributed by atoms with Crippen LogP contribution in [0.3, 0.4) is 0 Å². The molecule has 3 N–H and O–H groups in total. The maximum Gasteiger partial charge on any atom is 0.251 e. The molecule has 2 rings (SSSR count). The fourth-order valence-electron chi connectivity index (χ4n) is 3.58. The van der Waals surface area contributed by atoms with Gasteiger partial charge in [0.25, 0.3) is 5.91 Å². The number of hydrogen-bond donors (Lipinski definition) is 3. The summed E-state index contributed by atoms with van der Waals surface area (Å²) in [7, 11) is 1.04. The molecule has 1 aromatic rings. The van der Waals surface area contributed by atoms with Crippen molar-refractivity contribution in [2.45, 2.75) is 70.2 Å². The molecule has 1 aliphatic carbocycles. The highest BCUT2D eigenvalue weighted by Crippen LogP contribution is 2.23. The van der Waals surface area contributed by atoms with Crippen LogP contribution in [0.5, 0.6) is 0 Å². The van der Waals surface area contributed by atoms with E-state index in [1.807, 2.05) is 31.2 Å². The third kappa shape index (κ3) is 7.80. The molecule has 3 atom stereocenters. The van der Waals surface area contributed by atoms with Gasteiger partial charge in [0.05, 0.1) is 0 Å². The van der Waals surface area contributed by atoms with Crippen molar-refractivity contribution in [2.75, 3.05) is 19.3 Å². The minimum absolute atomic E-state index is 0.0215. The van der Waals surface area contributed by atoms with Gasteiger partial charge >= 0.3 is 0 Å². The largest absolute Gasteiger partial charge is 0.354 e. The Morgan fingerprint density at radius 3 is 2.59 bits per heavy atom. The minimum atomic E-state index is -0.727. The zero-order valence-corrected chi connectivity index (χ0v) is 18.8. The van der Waals surface area contributed by atoms with Crippen molar-refractivity contribution in [3.05, 3.63) is 35.4 Å². The van der Waals surface area contributed by atoms with Crippen LogP contribution in [0.15, 0.2) is 29.3 Å². The van der Waals surface area contributed by atoms with E-state index in [4.69, 9.17) is 0 Å². The van der Waals surface area contributed by atoms with Crippen molar-refractivity contribution >= 4 is 22.7 Å². The number of carbonyl (C=O) groups excluding carboxylic acids is 1. The number of amides is 1. The number of guanidine groups is 1. The second kappa shape index (κ2) is 12.6. The molecule has 1 fully saturated rings. The third-order valence-electron chi connectivity index (χ3n) is 5.34. The van der Waals surface area contributed by atoms with E-state index in [1.54, 1.807) is 7.05 Å². The number of rotatable bonds is 9. The molecule has 0 aliphatic heterocycles. The van der Waals surface area contributed by atoms with Gasteiger partial charge in [0, 0.05) is 53.5 Å². The lowest BCUT2D eigenvalue weighted by Crippen LogP contribution is -2.46. The molecule has 0 radical (unpaired) electrons. The molecule has 1 saturated carbocycles. The Bertz CT molecular complexity index is 691. The summed E-state index contributed by atoms with van der Waals surface area (Å²) in [4.78, 5) is 16.4. The van der Waals surface area contributed by atoms with Crippen LogP contribution in [0.1, 0.15) is 68.3 Å². The van der Waals surface area contributed by atoms with Crippen LogP contribution in [0.4, 0.5) is 0 Å². The molecule has 0 bridgehead atoms. The minimum Gasteiger partial charge on any atom is -0.354 e. The van der Waals surface area contributed by atoms with Gasteiger partial charge in [-0.1, -0.05) is 38.8 Å². The van der Waals surface area contributed by atoms with E-state index in [9.17, 15) is 9.00 Å². The summed E-state index contributed by atoms with van der Waals surface area (Å²) >= 11 is 0. The Hall–Kier alpha value is -1.89. The third-order valence-corrected chi connectivity index (χ3v) is 7.08. The first kappa shape index (κ1) is 23.4. The highest BCUT2D eigenvalue weighted by atomic mass is 32.2. The van der Waals surface area contributed by atoms with Gasteiger partial charge < -0.3 is 16.0 Å². The highest BCUT2D eigenvalue weighted by Gasteiger charge is 2.26. The summed E-state index contributed by atoms with van der Waals surface area (Å²) in [6, 6.07) is 7.97. The van der Waals surface area contributed by atoms with Crippen LogP contribution < -0.4 is 16.0 Å². The Morgan fingerprint density at radius 1 is 1.17 bits per heavy atom. The van der Waals surface area contributed by atoms with Crippen LogP contribution in [0, 0.1) is 0 Å². The molecule has 1 amide bonds. The van der Waals surface area contributed by atoms with Crippen LogP contribution in [0.2, 0.25) is 0 Å². The average molecular weight is 421 g/mol. The SMILES string of the molecule is CCCCNC(=O)c1ccc(CNC(=NC)NC2CCCC(S(=O)CC)C2)cc1. The summed E-state index contributed by atoms with van der Waals surface area (Å²) in [6.45, 7) is 5.45. The van der Waals surface area contributed by atoms with E-state index >= 15 is 0 Å². The van der Waals surface area contributed by atoms with Gasteiger partial charge in [-0.05, 0) is 43.4 Å². The van der Waals surface area contributed by atoms with E-state index < -0.39 is 10.8 Å². The Kier molecular flexibility index (Phi) is 10.2. The van der Waals surface area contributed by atoms with Gasteiger partial charge in [0.15, 0.2) is 5.96 Å². The molecule has 0 saturated heterocycles. The predicted molar refractivity (Wildman–Crippen MR) is 122 cm³/mol. The molecular weight excluding hydrogens is 384 g/mol. The van der Waals surface area contributed by atoms with Crippen molar-refractivity contribution in [3.8, 4) is 0 Å². The smallest absolute Gasteiger partial charge is 0.251 e. The second-order valence-corrected chi connectivity index (χ2v) is 9.54. The molecule has 29 heavy (non-hydrogen) atoms. The lowest BCUT2D eigenvalue weighted by molar-refractivity contribution is 0.0953. The van der Waals surface area contributed by atoms with Crippen LogP contribution in [0.25, 0.3) is 0 Å². The molecule has 0 heterocycles. The fourth-order valence-corrected chi connectivity index (χ4v) is 4.93. The summed E-state index contributed by atoms with van der Waals surface area (Å²) in [5, 5.41) is 10.1. The quantitative estimate of drug-likeness (QED) is 0.326. The normalized spacial score (nSPS) is 20.7. The topological polar surface area (TPSA) is 82.6 Å². The Balaban J connectivity index is 1.81. The summed E-state index contributed by atoms with van der Waals surface area (Å²) < 4.78 is 12.1. The molecule has 6 nitrogen and oxygen atoms in total. The molecular formula is C22H36N4O2S. The van der Waals surface area contributed by atoms with Crippen molar-refractivity contribution < 1.29 is 9.00 Å². The van der Waals surface area contributed by atoms with E-state index in [0.29, 0.717) is 29.9 Å². The monoisotopic (exact) mass is 420 g/mol. The highest BCUT2D eigenvalue weighted by molar-refractivity contribution is 7.85. The Morgan fingerprint density at radius 2 is 1.93 bits per heavy atom. The van der Waals surface area contributed by atoms with Gasteiger partial charge in [-0.25, -0.2) is 0 Å². The van der Waals surface area contributed by atoms with Crippen molar-refractivity contribution in [1.29, 1.82) is 0 Å².